The molecule has 2 rings (SSSR count). The number of nitrogens with zero attached hydrogens (tertiary/aromatic N) is 4. The van der Waals surface area contributed by atoms with Gasteiger partial charge in [0.1, 0.15) is 17.0 Å². The molecule has 0 aliphatic carbocycles. The van der Waals surface area contributed by atoms with Gasteiger partial charge in [-0.2, -0.15) is 5.10 Å². The lowest BCUT2D eigenvalue weighted by atomic mass is 10.4. The Balaban J connectivity index is 1.96. The van der Waals surface area contributed by atoms with Crippen LogP contribution < -0.4 is 10.0 Å². The summed E-state index contributed by atoms with van der Waals surface area (Å²) in [5.74, 6) is 1.21. The minimum absolute atomic E-state index is 0.130. The van der Waals surface area contributed by atoms with Gasteiger partial charge in [-0.15, -0.1) is 0 Å². The van der Waals surface area contributed by atoms with E-state index in [1.807, 2.05) is 0 Å². The Morgan fingerprint density at radius 2 is 2.10 bits per heavy atom. The van der Waals surface area contributed by atoms with Gasteiger partial charge in [-0.1, -0.05) is 0 Å². The third-order valence-corrected chi connectivity index (χ3v) is 4.04. The van der Waals surface area contributed by atoms with Crippen LogP contribution in [0.15, 0.2) is 29.6 Å². The van der Waals surface area contributed by atoms with Crippen molar-refractivity contribution >= 4 is 15.8 Å². The maximum absolute atomic E-state index is 12.0. The largest absolute Gasteiger partial charge is 0.373 e. The van der Waals surface area contributed by atoms with E-state index >= 15 is 0 Å². The van der Waals surface area contributed by atoms with Crippen LogP contribution in [0.3, 0.4) is 0 Å². The number of anilines is 1. The van der Waals surface area contributed by atoms with Crippen LogP contribution in [0.2, 0.25) is 0 Å². The van der Waals surface area contributed by atoms with Gasteiger partial charge in [-0.3, -0.25) is 4.68 Å². The Bertz CT molecular complexity index is 664. The lowest BCUT2D eigenvalue weighted by molar-refractivity contribution is 0.580. The quantitative estimate of drug-likeness (QED) is 0.763. The molecular weight excluding hydrogens is 280 g/mol. The number of hydrogen-bond donors (Lipinski definition) is 2. The monoisotopic (exact) mass is 296 g/mol. The molecule has 2 aromatic rings. The lowest BCUT2D eigenvalue weighted by Gasteiger charge is -2.06. The molecule has 2 heterocycles. The third-order valence-electron chi connectivity index (χ3n) is 2.59. The molecule has 0 aliphatic rings. The van der Waals surface area contributed by atoms with Crippen molar-refractivity contribution in [2.45, 2.75) is 11.3 Å². The number of sulfonamides is 1. The smallest absolute Gasteiger partial charge is 0.242 e. The van der Waals surface area contributed by atoms with Crippen molar-refractivity contribution in [1.29, 1.82) is 0 Å². The molecule has 0 atom stereocenters. The molecule has 0 aromatic carbocycles. The van der Waals surface area contributed by atoms with Crippen molar-refractivity contribution in [3.05, 3.63) is 30.5 Å². The Morgan fingerprint density at radius 1 is 1.30 bits per heavy atom. The summed E-state index contributed by atoms with van der Waals surface area (Å²) in [7, 11) is -0.0748. The van der Waals surface area contributed by atoms with Gasteiger partial charge in [0.05, 0.1) is 0 Å². The minimum atomic E-state index is -3.55. The van der Waals surface area contributed by atoms with Crippen molar-refractivity contribution in [1.82, 2.24) is 24.5 Å². The predicted octanol–water partition coefficient (Wildman–Crippen LogP) is -0.227. The maximum Gasteiger partial charge on any atom is 0.242 e. The van der Waals surface area contributed by atoms with E-state index in [4.69, 9.17) is 0 Å². The highest BCUT2D eigenvalue weighted by molar-refractivity contribution is 7.89. The molecule has 0 radical (unpaired) electrons. The van der Waals surface area contributed by atoms with E-state index in [1.54, 1.807) is 31.2 Å². The first kappa shape index (κ1) is 14.4. The maximum atomic E-state index is 12.0. The summed E-state index contributed by atoms with van der Waals surface area (Å²) in [5.41, 5.74) is 0. The number of rotatable bonds is 6. The molecule has 0 spiro atoms. The summed E-state index contributed by atoms with van der Waals surface area (Å²) in [5, 5.41) is 6.90. The van der Waals surface area contributed by atoms with Crippen LogP contribution in [0.4, 0.5) is 5.82 Å². The molecule has 0 aliphatic heterocycles. The average molecular weight is 296 g/mol. The first-order chi connectivity index (χ1) is 9.51. The first-order valence-electron chi connectivity index (χ1n) is 5.99. The van der Waals surface area contributed by atoms with E-state index in [-0.39, 0.29) is 11.4 Å². The second kappa shape index (κ2) is 5.97. The molecule has 8 nitrogen and oxygen atoms in total. The molecule has 9 heteroatoms. The van der Waals surface area contributed by atoms with Crippen molar-refractivity contribution in [3.8, 4) is 0 Å². The summed E-state index contributed by atoms with van der Waals surface area (Å²) in [6.45, 7) is 0.236. The van der Waals surface area contributed by atoms with Gasteiger partial charge in [-0.25, -0.2) is 23.1 Å². The van der Waals surface area contributed by atoms with Crippen LogP contribution in [0.25, 0.3) is 0 Å². The summed E-state index contributed by atoms with van der Waals surface area (Å²) in [4.78, 5) is 8.13. The molecule has 0 bridgehead atoms. The number of aromatic nitrogens is 4. The number of hydrogen-bond acceptors (Lipinski definition) is 6. The van der Waals surface area contributed by atoms with Gasteiger partial charge in [0.25, 0.3) is 0 Å². The molecule has 2 aromatic heterocycles. The van der Waals surface area contributed by atoms with Crippen molar-refractivity contribution in [2.24, 2.45) is 7.05 Å². The average Bonchev–Trinajstić information content (AvgIpc) is 2.84. The van der Waals surface area contributed by atoms with E-state index in [0.717, 1.165) is 0 Å². The van der Waals surface area contributed by atoms with Crippen LogP contribution in [0.5, 0.6) is 0 Å². The zero-order valence-electron chi connectivity index (χ0n) is 11.2. The molecule has 0 fully saturated rings. The Labute approximate surface area is 117 Å². The van der Waals surface area contributed by atoms with E-state index in [9.17, 15) is 8.42 Å². The summed E-state index contributed by atoms with van der Waals surface area (Å²) in [6.07, 6.45) is 3.32. The van der Waals surface area contributed by atoms with Gasteiger partial charge in [0.15, 0.2) is 5.82 Å². The Hall–Kier alpha value is -2.00. The highest BCUT2D eigenvalue weighted by Crippen LogP contribution is 2.09. The molecule has 0 saturated carbocycles. The lowest BCUT2D eigenvalue weighted by Crippen LogP contribution is -2.26. The van der Waals surface area contributed by atoms with Gasteiger partial charge < -0.3 is 5.32 Å². The second-order valence-corrected chi connectivity index (χ2v) is 5.88. The number of nitrogens with one attached hydrogen (secondary N) is 2. The van der Waals surface area contributed by atoms with Crippen LogP contribution in [0, 0.1) is 0 Å². The fourth-order valence-corrected chi connectivity index (χ4v) is 2.54. The van der Waals surface area contributed by atoms with Crippen molar-refractivity contribution < 1.29 is 8.42 Å². The molecule has 0 saturated heterocycles. The van der Waals surface area contributed by atoms with Crippen LogP contribution >= 0.6 is 0 Å². The van der Waals surface area contributed by atoms with Gasteiger partial charge in [0.2, 0.25) is 10.0 Å². The molecular formula is C11H16N6O2S. The predicted molar refractivity (Wildman–Crippen MR) is 73.7 cm³/mol. The summed E-state index contributed by atoms with van der Waals surface area (Å²) >= 11 is 0. The van der Waals surface area contributed by atoms with Gasteiger partial charge in [-0.05, 0) is 12.1 Å². The van der Waals surface area contributed by atoms with E-state index < -0.39 is 10.0 Å². The fraction of sp³-hybridized carbons (Fsp3) is 0.364. The first-order valence-corrected chi connectivity index (χ1v) is 7.47. The SMILES string of the molecule is CNc1ccc(S(=O)(=O)NCCc2ncn(C)n2)cn1. The van der Waals surface area contributed by atoms with Crippen LogP contribution in [-0.2, 0) is 23.5 Å². The van der Waals surface area contributed by atoms with Crippen molar-refractivity contribution in [2.75, 3.05) is 18.9 Å². The summed E-state index contributed by atoms with van der Waals surface area (Å²) in [6, 6.07) is 3.11. The summed E-state index contributed by atoms with van der Waals surface area (Å²) < 4.78 is 28.1. The standard InChI is InChI=1S/C11H16N6O2S/c1-12-10-4-3-9(7-13-10)20(18,19)15-6-5-11-14-8-17(2)16-11/h3-4,7-8,15H,5-6H2,1-2H3,(H,12,13). The minimum Gasteiger partial charge on any atom is -0.373 e. The number of pyridine rings is 1. The highest BCUT2D eigenvalue weighted by Gasteiger charge is 2.14. The van der Waals surface area contributed by atoms with Crippen molar-refractivity contribution in [3.63, 3.8) is 0 Å². The molecule has 0 amide bonds. The Kier molecular flexibility index (Phi) is 4.30. The second-order valence-electron chi connectivity index (χ2n) is 4.11. The normalized spacial score (nSPS) is 11.5. The Morgan fingerprint density at radius 3 is 2.65 bits per heavy atom. The molecule has 0 unspecified atom stereocenters. The zero-order valence-corrected chi connectivity index (χ0v) is 12.1. The molecule has 20 heavy (non-hydrogen) atoms. The molecule has 2 N–H and O–H groups in total. The van der Waals surface area contributed by atoms with Gasteiger partial charge in [0, 0.05) is 33.3 Å². The van der Waals surface area contributed by atoms with Crippen LogP contribution in [0.1, 0.15) is 5.82 Å². The zero-order chi connectivity index (χ0) is 14.6. The number of aryl methyl sites for hydroxylation is 1. The third kappa shape index (κ3) is 3.52. The van der Waals surface area contributed by atoms with E-state index in [0.29, 0.717) is 18.1 Å². The molecule has 108 valence electrons. The fourth-order valence-electron chi connectivity index (χ4n) is 1.57. The van der Waals surface area contributed by atoms with E-state index in [2.05, 4.69) is 25.1 Å². The topological polar surface area (TPSA) is 102 Å². The van der Waals surface area contributed by atoms with Crippen LogP contribution in [-0.4, -0.2) is 41.8 Å². The van der Waals surface area contributed by atoms with E-state index in [1.165, 1.54) is 12.3 Å². The van der Waals surface area contributed by atoms with Gasteiger partial charge >= 0.3 is 0 Å². The highest BCUT2D eigenvalue weighted by atomic mass is 32.2.